The highest BCUT2D eigenvalue weighted by molar-refractivity contribution is 7.92. The first kappa shape index (κ1) is 19.3. The number of sulfone groups is 1. The van der Waals surface area contributed by atoms with Gasteiger partial charge in [0.2, 0.25) is 0 Å². The summed E-state index contributed by atoms with van der Waals surface area (Å²) < 4.78 is 32.3. The number of ether oxygens (including phenoxy) is 1. The van der Waals surface area contributed by atoms with Gasteiger partial charge in [-0.3, -0.25) is 0 Å². The molecule has 3 atom stereocenters. The van der Waals surface area contributed by atoms with E-state index in [9.17, 15) is 8.42 Å². The van der Waals surface area contributed by atoms with Crippen molar-refractivity contribution >= 4 is 38.6 Å². The van der Waals surface area contributed by atoms with Crippen molar-refractivity contribution < 1.29 is 13.2 Å². The zero-order valence-corrected chi connectivity index (χ0v) is 16.7. The molecule has 1 aliphatic rings. The molecule has 26 heavy (non-hydrogen) atoms. The summed E-state index contributed by atoms with van der Waals surface area (Å²) in [5.41, 5.74) is 5.97. The van der Waals surface area contributed by atoms with E-state index >= 15 is 0 Å². The Labute approximate surface area is 164 Å². The SMILES string of the molecule is CCOC[C@@]1(C(N)=S)[C@H](c2ccc(Cl)cc2)[C@@H]1S(=O)(=O)c1ccccc1. The monoisotopic (exact) mass is 409 g/mol. The molecule has 0 radical (unpaired) electrons. The molecule has 4 nitrogen and oxygen atoms in total. The van der Waals surface area contributed by atoms with Gasteiger partial charge in [-0.25, -0.2) is 8.42 Å². The Morgan fingerprint density at radius 2 is 1.81 bits per heavy atom. The standard InChI is InChI=1S/C19H20ClNO3S2/c1-2-24-12-19(18(21)25)16(13-8-10-14(20)11-9-13)17(19)26(22,23)15-6-4-3-5-7-15/h3-11,16-17H,2,12H2,1H3,(H2,21,25)/t16-,17+,19-/m1/s1. The maximum atomic E-state index is 13.3. The fourth-order valence-electron chi connectivity index (χ4n) is 3.57. The van der Waals surface area contributed by atoms with E-state index in [-0.39, 0.29) is 22.4 Å². The van der Waals surface area contributed by atoms with Crippen LogP contribution in [-0.2, 0) is 14.6 Å². The number of hydrogen-bond acceptors (Lipinski definition) is 4. The van der Waals surface area contributed by atoms with Crippen LogP contribution in [0.15, 0.2) is 59.5 Å². The van der Waals surface area contributed by atoms with E-state index in [1.165, 1.54) is 0 Å². The Kier molecular flexibility index (Phi) is 5.40. The number of hydrogen-bond donors (Lipinski definition) is 1. The quantitative estimate of drug-likeness (QED) is 0.707. The summed E-state index contributed by atoms with van der Waals surface area (Å²) in [6, 6.07) is 15.5. The molecular formula is C19H20ClNO3S2. The molecule has 2 aromatic carbocycles. The molecule has 1 aliphatic carbocycles. The van der Waals surface area contributed by atoms with Crippen LogP contribution in [0.1, 0.15) is 18.4 Å². The van der Waals surface area contributed by atoms with Crippen LogP contribution in [0.4, 0.5) is 0 Å². The molecule has 0 heterocycles. The molecule has 0 aliphatic heterocycles. The Bertz CT molecular complexity index is 900. The Morgan fingerprint density at radius 1 is 1.19 bits per heavy atom. The lowest BCUT2D eigenvalue weighted by Gasteiger charge is -2.17. The van der Waals surface area contributed by atoms with Crippen LogP contribution < -0.4 is 5.73 Å². The van der Waals surface area contributed by atoms with Crippen LogP contribution in [0.25, 0.3) is 0 Å². The second-order valence-corrected chi connectivity index (χ2v) is 9.30. The summed E-state index contributed by atoms with van der Waals surface area (Å²) in [4.78, 5) is 0.425. The molecule has 138 valence electrons. The predicted octanol–water partition coefficient (Wildman–Crippen LogP) is 3.59. The summed E-state index contributed by atoms with van der Waals surface area (Å²) in [5.74, 6) is -0.367. The van der Waals surface area contributed by atoms with Crippen molar-refractivity contribution in [2.45, 2.75) is 23.0 Å². The van der Waals surface area contributed by atoms with Gasteiger partial charge in [0, 0.05) is 17.5 Å². The minimum Gasteiger partial charge on any atom is -0.393 e. The first-order valence-electron chi connectivity index (χ1n) is 8.27. The van der Waals surface area contributed by atoms with Crippen LogP contribution in [-0.4, -0.2) is 31.9 Å². The Balaban J connectivity index is 2.10. The Hall–Kier alpha value is -1.47. The number of nitrogens with two attached hydrogens (primary N) is 1. The van der Waals surface area contributed by atoms with Crippen LogP contribution >= 0.6 is 23.8 Å². The van der Waals surface area contributed by atoms with Gasteiger partial charge in [0.05, 0.1) is 27.2 Å². The van der Waals surface area contributed by atoms with E-state index < -0.39 is 20.5 Å². The van der Waals surface area contributed by atoms with Crippen molar-refractivity contribution in [3.8, 4) is 0 Å². The molecule has 0 unspecified atom stereocenters. The highest BCUT2D eigenvalue weighted by Gasteiger charge is 2.73. The number of thiocarbonyl (C=S) groups is 1. The van der Waals surface area contributed by atoms with Crippen molar-refractivity contribution in [1.82, 2.24) is 0 Å². The van der Waals surface area contributed by atoms with Crippen molar-refractivity contribution in [3.63, 3.8) is 0 Å². The van der Waals surface area contributed by atoms with E-state index in [0.717, 1.165) is 5.56 Å². The average molecular weight is 410 g/mol. The summed E-state index contributed by atoms with van der Waals surface area (Å²) in [5, 5.41) is -0.176. The van der Waals surface area contributed by atoms with E-state index in [4.69, 9.17) is 34.3 Å². The van der Waals surface area contributed by atoms with Gasteiger partial charge in [-0.1, -0.05) is 54.2 Å². The number of rotatable bonds is 7. The number of halogens is 1. The predicted molar refractivity (Wildman–Crippen MR) is 107 cm³/mol. The summed E-state index contributed by atoms with van der Waals surface area (Å²) >= 11 is 11.3. The summed E-state index contributed by atoms with van der Waals surface area (Å²) in [6.45, 7) is 2.48. The fraction of sp³-hybridized carbons (Fsp3) is 0.316. The lowest BCUT2D eigenvalue weighted by Crippen LogP contribution is -2.33. The highest BCUT2D eigenvalue weighted by Crippen LogP contribution is 2.64. The zero-order valence-electron chi connectivity index (χ0n) is 14.3. The fourth-order valence-corrected chi connectivity index (χ4v) is 6.49. The highest BCUT2D eigenvalue weighted by atomic mass is 35.5. The normalized spacial score (nSPS) is 25.0. The molecule has 1 saturated carbocycles. The molecule has 0 amide bonds. The molecule has 2 aromatic rings. The third kappa shape index (κ3) is 3.16. The largest absolute Gasteiger partial charge is 0.393 e. The third-order valence-electron chi connectivity index (χ3n) is 4.90. The minimum absolute atomic E-state index is 0.162. The van der Waals surface area contributed by atoms with Crippen molar-refractivity contribution in [1.29, 1.82) is 0 Å². The molecule has 0 spiro atoms. The van der Waals surface area contributed by atoms with Crippen LogP contribution in [0.3, 0.4) is 0 Å². The maximum absolute atomic E-state index is 13.3. The van der Waals surface area contributed by atoms with Crippen molar-refractivity contribution in [2.75, 3.05) is 13.2 Å². The van der Waals surface area contributed by atoms with Crippen LogP contribution in [0.2, 0.25) is 5.02 Å². The Morgan fingerprint density at radius 3 is 2.35 bits per heavy atom. The van der Waals surface area contributed by atoms with E-state index in [0.29, 0.717) is 11.6 Å². The van der Waals surface area contributed by atoms with Crippen LogP contribution in [0, 0.1) is 5.41 Å². The van der Waals surface area contributed by atoms with E-state index in [1.54, 1.807) is 42.5 Å². The molecule has 0 bridgehead atoms. The average Bonchev–Trinajstić information content (AvgIpc) is 3.33. The minimum atomic E-state index is -3.64. The summed E-state index contributed by atoms with van der Waals surface area (Å²) in [6.07, 6.45) is 0. The van der Waals surface area contributed by atoms with Crippen molar-refractivity contribution in [3.05, 3.63) is 65.2 Å². The lowest BCUT2D eigenvalue weighted by molar-refractivity contribution is 0.121. The molecule has 7 heteroatoms. The third-order valence-corrected chi connectivity index (χ3v) is 7.82. The smallest absolute Gasteiger partial charge is 0.182 e. The van der Waals surface area contributed by atoms with Gasteiger partial charge in [-0.2, -0.15) is 0 Å². The molecule has 2 N–H and O–H groups in total. The van der Waals surface area contributed by atoms with Gasteiger partial charge in [-0.15, -0.1) is 0 Å². The van der Waals surface area contributed by atoms with E-state index in [2.05, 4.69) is 0 Å². The van der Waals surface area contributed by atoms with Crippen LogP contribution in [0.5, 0.6) is 0 Å². The molecule has 3 rings (SSSR count). The van der Waals surface area contributed by atoms with Gasteiger partial charge in [0.15, 0.2) is 9.84 Å². The zero-order chi connectivity index (χ0) is 18.9. The molecule has 1 fully saturated rings. The topological polar surface area (TPSA) is 69.4 Å². The first-order chi connectivity index (χ1) is 12.4. The van der Waals surface area contributed by atoms with Gasteiger partial charge in [0.25, 0.3) is 0 Å². The first-order valence-corrected chi connectivity index (χ1v) is 10.6. The van der Waals surface area contributed by atoms with Crippen molar-refractivity contribution in [2.24, 2.45) is 11.1 Å². The molecule has 0 saturated heterocycles. The number of benzene rings is 2. The molecule has 0 aromatic heterocycles. The summed E-state index contributed by atoms with van der Waals surface area (Å²) in [7, 11) is -3.64. The molecular weight excluding hydrogens is 390 g/mol. The second-order valence-electron chi connectivity index (χ2n) is 6.35. The van der Waals surface area contributed by atoms with E-state index in [1.807, 2.05) is 19.1 Å². The van der Waals surface area contributed by atoms with Gasteiger partial charge < -0.3 is 10.5 Å². The van der Waals surface area contributed by atoms with Gasteiger partial charge in [0.1, 0.15) is 0 Å². The van der Waals surface area contributed by atoms with Gasteiger partial charge >= 0.3 is 0 Å². The lowest BCUT2D eigenvalue weighted by atomic mass is 10.00. The maximum Gasteiger partial charge on any atom is 0.182 e. The van der Waals surface area contributed by atoms with Gasteiger partial charge in [-0.05, 0) is 36.8 Å². The second kappa shape index (κ2) is 7.27.